The summed E-state index contributed by atoms with van der Waals surface area (Å²) in [5, 5.41) is 5.33. The van der Waals surface area contributed by atoms with Crippen molar-refractivity contribution in [1.29, 1.82) is 0 Å². The van der Waals surface area contributed by atoms with Crippen molar-refractivity contribution >= 4 is 11.8 Å². The largest absolute Gasteiger partial charge is 0.484 e. The van der Waals surface area contributed by atoms with Crippen LogP contribution in [0.25, 0.3) is 0 Å². The van der Waals surface area contributed by atoms with Gasteiger partial charge in [-0.3, -0.25) is 9.59 Å². The van der Waals surface area contributed by atoms with Gasteiger partial charge in [0.25, 0.3) is 5.91 Å². The van der Waals surface area contributed by atoms with Gasteiger partial charge in [0.05, 0.1) is 0 Å². The zero-order valence-electron chi connectivity index (χ0n) is 12.9. The van der Waals surface area contributed by atoms with Gasteiger partial charge in [-0.15, -0.1) is 0 Å². The van der Waals surface area contributed by atoms with Gasteiger partial charge in [-0.2, -0.15) is 0 Å². The zero-order valence-corrected chi connectivity index (χ0v) is 12.9. The molecule has 0 aromatic heterocycles. The summed E-state index contributed by atoms with van der Waals surface area (Å²) in [7, 11) is 0. The fourth-order valence-electron chi connectivity index (χ4n) is 1.72. The lowest BCUT2D eigenvalue weighted by molar-refractivity contribution is -0.129. The molecule has 1 atom stereocenters. The van der Waals surface area contributed by atoms with Crippen LogP contribution in [0, 0.1) is 0 Å². The topological polar surface area (TPSA) is 67.4 Å². The molecule has 116 valence electrons. The highest BCUT2D eigenvalue weighted by Gasteiger charge is 2.14. The average molecular weight is 292 g/mol. The molecule has 0 heterocycles. The molecule has 0 saturated carbocycles. The van der Waals surface area contributed by atoms with E-state index in [2.05, 4.69) is 17.6 Å². The molecule has 0 spiro atoms. The molecule has 2 N–H and O–H groups in total. The van der Waals surface area contributed by atoms with Crippen LogP contribution in [-0.2, 0) is 16.0 Å². The van der Waals surface area contributed by atoms with Crippen LogP contribution >= 0.6 is 0 Å². The highest BCUT2D eigenvalue weighted by molar-refractivity contribution is 5.87. The van der Waals surface area contributed by atoms with E-state index < -0.39 is 6.04 Å². The molecule has 1 aromatic carbocycles. The number of carbonyl (C=O) groups excluding carboxylic acids is 2. The number of carbonyl (C=O) groups is 2. The van der Waals surface area contributed by atoms with Gasteiger partial charge in [-0.1, -0.05) is 26.0 Å². The van der Waals surface area contributed by atoms with E-state index in [0.29, 0.717) is 12.3 Å². The molecule has 1 rings (SSSR count). The SMILES string of the molecule is CCCNC(=O)[C@@H](C)NC(=O)COc1ccc(CC)cc1. The number of hydrogen-bond donors (Lipinski definition) is 2. The Bertz CT molecular complexity index is 457. The number of hydrogen-bond acceptors (Lipinski definition) is 3. The second kappa shape index (κ2) is 9.00. The van der Waals surface area contributed by atoms with Crippen LogP contribution in [0.2, 0.25) is 0 Å². The van der Waals surface area contributed by atoms with E-state index >= 15 is 0 Å². The van der Waals surface area contributed by atoms with Crippen LogP contribution in [0.1, 0.15) is 32.8 Å². The lowest BCUT2D eigenvalue weighted by Gasteiger charge is -2.14. The minimum atomic E-state index is -0.560. The third-order valence-corrected chi connectivity index (χ3v) is 3.02. The molecule has 0 fully saturated rings. The number of rotatable bonds is 8. The molecule has 21 heavy (non-hydrogen) atoms. The predicted octanol–water partition coefficient (Wildman–Crippen LogP) is 1.66. The Labute approximate surface area is 126 Å². The Balaban J connectivity index is 2.34. The van der Waals surface area contributed by atoms with Crippen LogP contribution in [0.4, 0.5) is 0 Å². The van der Waals surface area contributed by atoms with Crippen molar-refractivity contribution in [1.82, 2.24) is 10.6 Å². The molecule has 0 unspecified atom stereocenters. The highest BCUT2D eigenvalue weighted by Crippen LogP contribution is 2.12. The quantitative estimate of drug-likeness (QED) is 0.765. The van der Waals surface area contributed by atoms with Gasteiger partial charge in [0, 0.05) is 6.54 Å². The molecule has 0 aliphatic rings. The van der Waals surface area contributed by atoms with Crippen molar-refractivity contribution in [2.45, 2.75) is 39.7 Å². The maximum Gasteiger partial charge on any atom is 0.258 e. The minimum absolute atomic E-state index is 0.100. The first-order valence-electron chi connectivity index (χ1n) is 7.35. The van der Waals surface area contributed by atoms with Gasteiger partial charge in [-0.25, -0.2) is 0 Å². The Hall–Kier alpha value is -2.04. The predicted molar refractivity (Wildman–Crippen MR) is 82.2 cm³/mol. The third-order valence-electron chi connectivity index (χ3n) is 3.02. The number of nitrogens with one attached hydrogen (secondary N) is 2. The number of ether oxygens (including phenoxy) is 1. The summed E-state index contributed by atoms with van der Waals surface area (Å²) in [4.78, 5) is 23.3. The van der Waals surface area contributed by atoms with Crippen molar-refractivity contribution in [3.63, 3.8) is 0 Å². The summed E-state index contributed by atoms with van der Waals surface area (Å²) in [6.07, 6.45) is 1.83. The molecule has 2 amide bonds. The fraction of sp³-hybridized carbons (Fsp3) is 0.500. The Morgan fingerprint density at radius 2 is 1.86 bits per heavy atom. The van der Waals surface area contributed by atoms with Crippen LogP contribution in [0.3, 0.4) is 0 Å². The van der Waals surface area contributed by atoms with Gasteiger partial charge in [-0.05, 0) is 37.5 Å². The zero-order chi connectivity index (χ0) is 15.7. The molecule has 0 aliphatic carbocycles. The van der Waals surface area contributed by atoms with Crippen LogP contribution < -0.4 is 15.4 Å². The Morgan fingerprint density at radius 1 is 1.19 bits per heavy atom. The van der Waals surface area contributed by atoms with E-state index in [1.807, 2.05) is 31.2 Å². The molecular weight excluding hydrogens is 268 g/mol. The minimum Gasteiger partial charge on any atom is -0.484 e. The van der Waals surface area contributed by atoms with Crippen molar-refractivity contribution in [2.75, 3.05) is 13.2 Å². The number of amides is 2. The van der Waals surface area contributed by atoms with E-state index in [-0.39, 0.29) is 18.4 Å². The maximum atomic E-state index is 11.7. The Morgan fingerprint density at radius 3 is 2.43 bits per heavy atom. The smallest absolute Gasteiger partial charge is 0.258 e. The lowest BCUT2D eigenvalue weighted by Crippen LogP contribution is -2.46. The van der Waals surface area contributed by atoms with Crippen molar-refractivity contribution in [2.24, 2.45) is 0 Å². The van der Waals surface area contributed by atoms with Gasteiger partial charge < -0.3 is 15.4 Å². The summed E-state index contributed by atoms with van der Waals surface area (Å²) in [5.74, 6) is 0.150. The van der Waals surface area contributed by atoms with E-state index in [9.17, 15) is 9.59 Å². The molecule has 0 radical (unpaired) electrons. The summed E-state index contributed by atoms with van der Waals surface area (Å²) < 4.78 is 5.39. The summed E-state index contributed by atoms with van der Waals surface area (Å²) in [5.41, 5.74) is 1.22. The first kappa shape index (κ1) is 17.0. The van der Waals surface area contributed by atoms with Crippen molar-refractivity contribution < 1.29 is 14.3 Å². The van der Waals surface area contributed by atoms with E-state index in [0.717, 1.165) is 12.8 Å². The second-order valence-corrected chi connectivity index (χ2v) is 4.87. The monoisotopic (exact) mass is 292 g/mol. The van der Waals surface area contributed by atoms with Crippen molar-refractivity contribution in [3.05, 3.63) is 29.8 Å². The van der Waals surface area contributed by atoms with Crippen LogP contribution in [0.5, 0.6) is 5.75 Å². The van der Waals surface area contributed by atoms with Crippen LogP contribution in [0.15, 0.2) is 24.3 Å². The lowest BCUT2D eigenvalue weighted by atomic mass is 10.2. The molecule has 5 heteroatoms. The standard InChI is InChI=1S/C16H24N2O3/c1-4-10-17-16(20)12(3)18-15(19)11-21-14-8-6-13(5-2)7-9-14/h6-9,12H,4-5,10-11H2,1-3H3,(H,17,20)(H,18,19)/t12-/m1/s1. The highest BCUT2D eigenvalue weighted by atomic mass is 16.5. The number of benzene rings is 1. The van der Waals surface area contributed by atoms with E-state index in [1.54, 1.807) is 6.92 Å². The first-order chi connectivity index (χ1) is 10.1. The summed E-state index contributed by atoms with van der Waals surface area (Å²) in [6, 6.07) is 7.05. The van der Waals surface area contributed by atoms with E-state index in [4.69, 9.17) is 4.74 Å². The maximum absolute atomic E-state index is 11.7. The van der Waals surface area contributed by atoms with Crippen molar-refractivity contribution in [3.8, 4) is 5.75 Å². The third kappa shape index (κ3) is 6.29. The molecule has 0 saturated heterocycles. The van der Waals surface area contributed by atoms with E-state index in [1.165, 1.54) is 5.56 Å². The fourth-order valence-corrected chi connectivity index (χ4v) is 1.72. The second-order valence-electron chi connectivity index (χ2n) is 4.87. The first-order valence-corrected chi connectivity index (χ1v) is 7.35. The molecule has 1 aromatic rings. The normalized spacial score (nSPS) is 11.6. The van der Waals surface area contributed by atoms with Gasteiger partial charge in [0.1, 0.15) is 11.8 Å². The Kier molecular flexibility index (Phi) is 7.29. The van der Waals surface area contributed by atoms with Gasteiger partial charge >= 0.3 is 0 Å². The molecule has 0 aliphatic heterocycles. The summed E-state index contributed by atoms with van der Waals surface area (Å²) in [6.45, 7) is 6.21. The average Bonchev–Trinajstić information content (AvgIpc) is 2.50. The number of aryl methyl sites for hydroxylation is 1. The van der Waals surface area contributed by atoms with Gasteiger partial charge in [0.2, 0.25) is 5.91 Å². The van der Waals surface area contributed by atoms with Crippen LogP contribution in [-0.4, -0.2) is 31.0 Å². The summed E-state index contributed by atoms with van der Waals surface area (Å²) >= 11 is 0. The van der Waals surface area contributed by atoms with Gasteiger partial charge in [0.15, 0.2) is 6.61 Å². The molecular formula is C16H24N2O3. The molecule has 0 bridgehead atoms. The molecule has 5 nitrogen and oxygen atoms in total.